The number of nitrogens with one attached hydrogen (secondary N) is 2. The number of aromatic nitrogens is 5. The number of imide groups is 1. The van der Waals surface area contributed by atoms with Gasteiger partial charge in [-0.05, 0) is 97.3 Å². The monoisotopic (exact) mass is 688 g/mol. The number of rotatable bonds is 12. The lowest BCUT2D eigenvalue weighted by Gasteiger charge is -2.32. The molecule has 0 spiro atoms. The predicted molar refractivity (Wildman–Crippen MR) is 191 cm³/mol. The summed E-state index contributed by atoms with van der Waals surface area (Å²) < 4.78 is 5.41. The number of amides is 2. The highest BCUT2D eigenvalue weighted by Gasteiger charge is 2.35. The molecule has 0 radical (unpaired) electrons. The van der Waals surface area contributed by atoms with Crippen LogP contribution in [0, 0.1) is 11.8 Å². The fourth-order valence-corrected chi connectivity index (χ4v) is 6.41. The van der Waals surface area contributed by atoms with E-state index in [0.717, 1.165) is 74.7 Å². The Morgan fingerprint density at radius 3 is 2.29 bits per heavy atom. The first-order valence-electron chi connectivity index (χ1n) is 16.7. The van der Waals surface area contributed by atoms with Crippen molar-refractivity contribution < 1.29 is 14.3 Å². The number of hydrogen-bond donors (Lipinski definition) is 4. The van der Waals surface area contributed by atoms with Crippen LogP contribution in [0.3, 0.4) is 0 Å². The summed E-state index contributed by atoms with van der Waals surface area (Å²) in [6.45, 7) is 5.90. The zero-order valence-corrected chi connectivity index (χ0v) is 28.4. The van der Waals surface area contributed by atoms with Crippen molar-refractivity contribution in [3.8, 4) is 22.5 Å². The molecular weight excluding hydrogens is 644 g/mol. The van der Waals surface area contributed by atoms with Gasteiger partial charge >= 0.3 is 0 Å². The van der Waals surface area contributed by atoms with Crippen LogP contribution < -0.4 is 21.7 Å². The van der Waals surface area contributed by atoms with E-state index in [4.69, 9.17) is 16.2 Å². The van der Waals surface area contributed by atoms with E-state index in [2.05, 4.69) is 35.8 Å². The van der Waals surface area contributed by atoms with Gasteiger partial charge in [-0.1, -0.05) is 24.3 Å². The first kappa shape index (κ1) is 36.0. The highest BCUT2D eigenvalue weighted by molar-refractivity contribution is 6.17. The molecule has 3 heterocycles. The molecule has 6 N–H and O–H groups in total. The fourth-order valence-electron chi connectivity index (χ4n) is 6.41. The lowest BCUT2D eigenvalue weighted by atomic mass is 9.81. The van der Waals surface area contributed by atoms with Gasteiger partial charge in [0.25, 0.3) is 5.91 Å². The van der Waals surface area contributed by atoms with E-state index in [9.17, 15) is 9.59 Å². The molecule has 49 heavy (non-hydrogen) atoms. The average Bonchev–Trinajstić information content (AvgIpc) is 3.68. The van der Waals surface area contributed by atoms with Gasteiger partial charge in [-0.25, -0.2) is 9.88 Å². The molecule has 2 fully saturated rings. The van der Waals surface area contributed by atoms with E-state index >= 15 is 0 Å². The summed E-state index contributed by atoms with van der Waals surface area (Å²) in [6, 6.07) is 18.1. The third-order valence-electron chi connectivity index (χ3n) is 9.36. The van der Waals surface area contributed by atoms with Crippen LogP contribution in [0.4, 0.5) is 11.5 Å². The SMILES string of the molecule is Cl.NCC1CCC(C(=O)N(C(=O)[C@@H](N)Cc2ccc(-c3ccc(NCCN4CCOCC4)nc3)cc2)c2ccc(-c3nn[nH]n3)cc2)CC1. The number of morpholine rings is 1. The zero-order valence-electron chi connectivity index (χ0n) is 27.5. The molecule has 0 unspecified atom stereocenters. The molecule has 260 valence electrons. The Bertz CT molecular complexity index is 1610. The number of nitrogens with zero attached hydrogens (tertiary/aromatic N) is 6. The van der Waals surface area contributed by atoms with Gasteiger partial charge < -0.3 is 21.5 Å². The molecular formula is C35H45ClN10O3. The van der Waals surface area contributed by atoms with Crippen LogP contribution in [-0.2, 0) is 20.7 Å². The minimum absolute atomic E-state index is 0. The highest BCUT2D eigenvalue weighted by atomic mass is 35.5. The third-order valence-corrected chi connectivity index (χ3v) is 9.36. The van der Waals surface area contributed by atoms with E-state index in [1.165, 1.54) is 4.90 Å². The molecule has 1 aliphatic carbocycles. The Morgan fingerprint density at radius 2 is 1.65 bits per heavy atom. The minimum atomic E-state index is -0.915. The summed E-state index contributed by atoms with van der Waals surface area (Å²) in [7, 11) is 0. The largest absolute Gasteiger partial charge is 0.379 e. The molecule has 2 aromatic heterocycles. The number of nitrogens with two attached hydrogens (primary N) is 2. The molecule has 1 saturated heterocycles. The van der Waals surface area contributed by atoms with Gasteiger partial charge in [0.2, 0.25) is 11.7 Å². The standard InChI is InChI=1S/C35H44N10O3.ClH/c36-22-25-3-7-28(8-4-25)34(46)45(30-12-9-27(10-13-30)33-40-42-43-41-33)35(47)31(37)21-24-1-5-26(6-2-24)29-11-14-32(39-23-29)38-15-16-44-17-19-48-20-18-44;/h1-2,5-6,9-14,23,25,28,31H,3-4,7-8,15-22,36-37H2,(H,38,39)(H,40,41,42,43);1H/t25?,28?,31-;/m0./s1. The van der Waals surface area contributed by atoms with E-state index in [1.807, 2.05) is 42.6 Å². The molecule has 2 amide bonds. The van der Waals surface area contributed by atoms with Gasteiger partial charge in [0.1, 0.15) is 5.82 Å². The van der Waals surface area contributed by atoms with Gasteiger partial charge in [0.05, 0.1) is 24.9 Å². The molecule has 2 aromatic carbocycles. The van der Waals surface area contributed by atoms with Crippen molar-refractivity contribution in [3.63, 3.8) is 0 Å². The van der Waals surface area contributed by atoms with Gasteiger partial charge in [-0.3, -0.25) is 14.5 Å². The van der Waals surface area contributed by atoms with Gasteiger partial charge in [-0.15, -0.1) is 22.6 Å². The summed E-state index contributed by atoms with van der Waals surface area (Å²) in [5.41, 5.74) is 16.5. The van der Waals surface area contributed by atoms with Crippen LogP contribution in [0.15, 0.2) is 66.9 Å². The summed E-state index contributed by atoms with van der Waals surface area (Å²) in [5, 5.41) is 17.5. The minimum Gasteiger partial charge on any atom is -0.379 e. The van der Waals surface area contributed by atoms with Gasteiger partial charge in [-0.2, -0.15) is 5.21 Å². The first-order valence-corrected chi connectivity index (χ1v) is 16.7. The summed E-state index contributed by atoms with van der Waals surface area (Å²) in [4.78, 5) is 36.1. The Hall–Kier alpha value is -4.27. The number of aromatic amines is 1. The maximum atomic E-state index is 13.9. The van der Waals surface area contributed by atoms with Crippen molar-refractivity contribution in [1.29, 1.82) is 0 Å². The van der Waals surface area contributed by atoms with Crippen molar-refractivity contribution in [2.24, 2.45) is 23.3 Å². The molecule has 1 aliphatic heterocycles. The van der Waals surface area contributed by atoms with Crippen molar-refractivity contribution in [3.05, 3.63) is 72.4 Å². The third kappa shape index (κ3) is 9.25. The molecule has 0 bridgehead atoms. The number of anilines is 2. The number of halogens is 1. The second kappa shape index (κ2) is 17.4. The van der Waals surface area contributed by atoms with Crippen molar-refractivity contribution in [2.75, 3.05) is 56.2 Å². The normalized spacial score (nSPS) is 18.7. The Kier molecular flexibility index (Phi) is 12.8. The van der Waals surface area contributed by atoms with Crippen molar-refractivity contribution >= 4 is 35.7 Å². The zero-order chi connectivity index (χ0) is 33.3. The molecule has 2 aliphatic rings. The van der Waals surface area contributed by atoms with Gasteiger partial charge in [0, 0.05) is 49.4 Å². The van der Waals surface area contributed by atoms with Crippen LogP contribution in [0.1, 0.15) is 31.2 Å². The van der Waals surface area contributed by atoms with E-state index in [1.54, 1.807) is 24.3 Å². The molecule has 1 saturated carbocycles. The van der Waals surface area contributed by atoms with Crippen LogP contribution in [0.5, 0.6) is 0 Å². The quantitative estimate of drug-likeness (QED) is 0.171. The fraction of sp³-hybridized carbons (Fsp3) is 0.429. The molecule has 14 heteroatoms. The topological polar surface area (TPSA) is 181 Å². The number of hydrogen-bond acceptors (Lipinski definition) is 11. The Balaban J connectivity index is 0.00000468. The average molecular weight is 689 g/mol. The molecule has 4 aromatic rings. The number of carbonyl (C=O) groups excluding carboxylic acids is 2. The second-order valence-corrected chi connectivity index (χ2v) is 12.6. The highest BCUT2D eigenvalue weighted by Crippen LogP contribution is 2.32. The lowest BCUT2D eigenvalue weighted by molar-refractivity contribution is -0.130. The van der Waals surface area contributed by atoms with Crippen LogP contribution in [0.2, 0.25) is 0 Å². The Labute approximate surface area is 292 Å². The van der Waals surface area contributed by atoms with Crippen molar-refractivity contribution in [1.82, 2.24) is 30.5 Å². The predicted octanol–water partition coefficient (Wildman–Crippen LogP) is 3.29. The van der Waals surface area contributed by atoms with Crippen molar-refractivity contribution in [2.45, 2.75) is 38.1 Å². The summed E-state index contributed by atoms with van der Waals surface area (Å²) in [5.74, 6) is 0.755. The first-order chi connectivity index (χ1) is 23.5. The number of pyridine rings is 1. The Morgan fingerprint density at radius 1 is 0.959 bits per heavy atom. The van der Waals surface area contributed by atoms with E-state index < -0.39 is 11.9 Å². The summed E-state index contributed by atoms with van der Waals surface area (Å²) >= 11 is 0. The van der Waals surface area contributed by atoms with Crippen LogP contribution in [0.25, 0.3) is 22.5 Å². The lowest BCUT2D eigenvalue weighted by Crippen LogP contribution is -2.50. The number of carbonyl (C=O) groups is 2. The number of tetrazole rings is 1. The van der Waals surface area contributed by atoms with E-state index in [-0.39, 0.29) is 30.7 Å². The molecule has 6 rings (SSSR count). The maximum Gasteiger partial charge on any atom is 0.251 e. The van der Waals surface area contributed by atoms with Gasteiger partial charge in [0.15, 0.2) is 0 Å². The smallest absolute Gasteiger partial charge is 0.251 e. The number of benzene rings is 2. The van der Waals surface area contributed by atoms with Crippen LogP contribution in [-0.4, -0.2) is 94.3 Å². The second-order valence-electron chi connectivity index (χ2n) is 12.6. The van der Waals surface area contributed by atoms with E-state index in [0.29, 0.717) is 42.4 Å². The number of H-pyrrole nitrogens is 1. The maximum absolute atomic E-state index is 13.9. The summed E-state index contributed by atoms with van der Waals surface area (Å²) in [6.07, 6.45) is 5.27. The number of ether oxygens (including phenoxy) is 1. The molecule has 1 atom stereocenters. The molecule has 13 nitrogen and oxygen atoms in total. The van der Waals surface area contributed by atoms with Crippen LogP contribution >= 0.6 is 12.4 Å².